The number of rotatable bonds is 10. The molecule has 1 N–H and O–H groups in total. The Kier molecular flexibility index (Phi) is 9.52. The zero-order chi connectivity index (χ0) is 11.6. The molecule has 90 valence electrons. The minimum Gasteiger partial charge on any atom is -0.321 e. The lowest BCUT2D eigenvalue weighted by atomic mass is 10.1. The van der Waals surface area contributed by atoms with Crippen LogP contribution in [0.1, 0.15) is 38.5 Å². The molecular weight excluding hydrogens is 235 g/mol. The van der Waals surface area contributed by atoms with Crippen LogP contribution in [-0.4, -0.2) is 17.4 Å². The van der Waals surface area contributed by atoms with E-state index in [1.807, 2.05) is 0 Å². The van der Waals surface area contributed by atoms with Gasteiger partial charge >= 0.3 is 7.60 Å². The van der Waals surface area contributed by atoms with Crippen molar-refractivity contribution in [3.63, 3.8) is 0 Å². The Hall–Kier alpha value is 0.180. The minimum absolute atomic E-state index is 0.329. The van der Waals surface area contributed by atoms with Crippen molar-refractivity contribution >= 4 is 19.2 Å². The van der Waals surface area contributed by atoms with Crippen LogP contribution < -0.4 is 0 Å². The molecule has 0 aliphatic heterocycles. The molecule has 0 amide bonds. The average Bonchev–Trinajstić information content (AvgIpc) is 2.22. The van der Waals surface area contributed by atoms with Gasteiger partial charge in [-0.05, 0) is 12.8 Å². The van der Waals surface area contributed by atoms with E-state index in [0.29, 0.717) is 6.61 Å². The topological polar surface area (TPSA) is 46.5 Å². The Balaban J connectivity index is 3.18. The molecule has 0 aromatic rings. The molecule has 0 aliphatic carbocycles. The maximum atomic E-state index is 11.0. The molecule has 0 bridgehead atoms. The van der Waals surface area contributed by atoms with Gasteiger partial charge in [-0.2, -0.15) is 0 Å². The molecule has 0 fully saturated rings. The zero-order valence-electron chi connectivity index (χ0n) is 9.03. The molecule has 3 nitrogen and oxygen atoms in total. The van der Waals surface area contributed by atoms with Crippen LogP contribution in [0.5, 0.6) is 0 Å². The maximum absolute atomic E-state index is 11.0. The van der Waals surface area contributed by atoms with Crippen LogP contribution in [0.2, 0.25) is 0 Å². The fourth-order valence-electron chi connectivity index (χ4n) is 1.15. The summed E-state index contributed by atoms with van der Waals surface area (Å²) in [5, 5.41) is 0. The summed E-state index contributed by atoms with van der Waals surface area (Å²) in [6.45, 7) is 3.56. The number of unbranched alkanes of at least 4 members (excludes halogenated alkanes) is 5. The summed E-state index contributed by atoms with van der Waals surface area (Å²) in [5.41, 5.74) is 0. The molecule has 0 aliphatic rings. The van der Waals surface area contributed by atoms with Gasteiger partial charge in [0.25, 0.3) is 0 Å². The smallest absolute Gasteiger partial charge is 0.321 e. The summed E-state index contributed by atoms with van der Waals surface area (Å²) in [7, 11) is -3.49. The Morgan fingerprint density at radius 3 is 2.27 bits per heavy atom. The van der Waals surface area contributed by atoms with E-state index >= 15 is 0 Å². The summed E-state index contributed by atoms with van der Waals surface area (Å²) in [6, 6.07) is 0. The third-order valence-corrected chi connectivity index (χ3v) is 3.32. The molecule has 1 atom stereocenters. The summed E-state index contributed by atoms with van der Waals surface area (Å²) in [4.78, 5) is 9.00. The van der Waals surface area contributed by atoms with Crippen LogP contribution in [0.3, 0.4) is 0 Å². The van der Waals surface area contributed by atoms with Crippen molar-refractivity contribution in [1.82, 2.24) is 0 Å². The lowest BCUT2D eigenvalue weighted by Crippen LogP contribution is -1.91. The highest BCUT2D eigenvalue weighted by atomic mass is 35.5. The van der Waals surface area contributed by atoms with Gasteiger partial charge in [0, 0.05) is 11.7 Å². The van der Waals surface area contributed by atoms with E-state index < -0.39 is 7.60 Å². The van der Waals surface area contributed by atoms with Crippen molar-refractivity contribution in [3.8, 4) is 0 Å². The number of alkyl halides is 1. The Labute approximate surface area is 97.0 Å². The third-order valence-electron chi connectivity index (χ3n) is 2.03. The first kappa shape index (κ1) is 15.2. The van der Waals surface area contributed by atoms with Gasteiger partial charge in [0.05, 0.1) is 6.61 Å². The average molecular weight is 255 g/mol. The van der Waals surface area contributed by atoms with Crippen LogP contribution in [-0.2, 0) is 9.09 Å². The lowest BCUT2D eigenvalue weighted by molar-refractivity contribution is 0.261. The highest BCUT2D eigenvalue weighted by Crippen LogP contribution is 2.42. The first-order valence-electron chi connectivity index (χ1n) is 5.29. The zero-order valence-corrected chi connectivity index (χ0v) is 10.7. The fourth-order valence-corrected chi connectivity index (χ4v) is 1.84. The van der Waals surface area contributed by atoms with Gasteiger partial charge in [0.15, 0.2) is 0 Å². The molecule has 0 radical (unpaired) electrons. The summed E-state index contributed by atoms with van der Waals surface area (Å²) in [5.74, 6) is 1.70. The molecule has 15 heavy (non-hydrogen) atoms. The molecule has 0 rings (SSSR count). The van der Waals surface area contributed by atoms with Crippen LogP contribution in [0, 0.1) is 0 Å². The van der Waals surface area contributed by atoms with E-state index in [2.05, 4.69) is 6.58 Å². The van der Waals surface area contributed by atoms with Crippen LogP contribution in [0.15, 0.2) is 12.4 Å². The molecule has 5 heteroatoms. The molecule has 1 unspecified atom stereocenters. The van der Waals surface area contributed by atoms with E-state index in [1.165, 1.54) is 6.42 Å². The quantitative estimate of drug-likeness (QED) is 0.365. The third kappa shape index (κ3) is 10.5. The second-order valence-electron chi connectivity index (χ2n) is 3.39. The Morgan fingerprint density at radius 1 is 1.20 bits per heavy atom. The predicted octanol–water partition coefficient (Wildman–Crippen LogP) is 3.91. The molecule has 0 saturated heterocycles. The van der Waals surface area contributed by atoms with Gasteiger partial charge in [-0.15, -0.1) is 11.6 Å². The second kappa shape index (κ2) is 9.41. The fraction of sp³-hybridized carbons (Fsp3) is 0.800. The van der Waals surface area contributed by atoms with Gasteiger partial charge < -0.3 is 9.42 Å². The van der Waals surface area contributed by atoms with E-state index in [4.69, 9.17) is 21.0 Å². The summed E-state index contributed by atoms with van der Waals surface area (Å²) >= 11 is 5.54. The van der Waals surface area contributed by atoms with Crippen LogP contribution in [0.25, 0.3) is 0 Å². The van der Waals surface area contributed by atoms with Crippen molar-refractivity contribution < 1.29 is 14.0 Å². The van der Waals surface area contributed by atoms with Gasteiger partial charge in [0.2, 0.25) is 0 Å². The van der Waals surface area contributed by atoms with Crippen LogP contribution >= 0.6 is 19.2 Å². The summed E-state index contributed by atoms with van der Waals surface area (Å²) < 4.78 is 15.7. The monoisotopic (exact) mass is 254 g/mol. The Bertz CT molecular complexity index is 209. The number of halogens is 1. The SMILES string of the molecule is C=CP(=O)(O)OCCCCCCCCCl. The van der Waals surface area contributed by atoms with E-state index in [0.717, 1.165) is 43.8 Å². The highest BCUT2D eigenvalue weighted by molar-refractivity contribution is 7.56. The molecule has 0 saturated carbocycles. The van der Waals surface area contributed by atoms with Crippen molar-refractivity contribution in [2.24, 2.45) is 0 Å². The first-order valence-corrected chi connectivity index (χ1v) is 7.47. The summed E-state index contributed by atoms with van der Waals surface area (Å²) in [6.07, 6.45) is 6.38. The lowest BCUT2D eigenvalue weighted by Gasteiger charge is -2.06. The molecule has 0 aromatic heterocycles. The number of hydrogen-bond acceptors (Lipinski definition) is 2. The minimum atomic E-state index is -3.49. The van der Waals surface area contributed by atoms with Crippen LogP contribution in [0.4, 0.5) is 0 Å². The Morgan fingerprint density at radius 2 is 1.73 bits per heavy atom. The number of hydrogen-bond donors (Lipinski definition) is 1. The first-order chi connectivity index (χ1) is 7.12. The highest BCUT2D eigenvalue weighted by Gasteiger charge is 2.11. The normalized spacial score (nSPS) is 14.8. The van der Waals surface area contributed by atoms with Crippen molar-refractivity contribution in [3.05, 3.63) is 12.4 Å². The van der Waals surface area contributed by atoms with Crippen molar-refractivity contribution in [2.75, 3.05) is 12.5 Å². The predicted molar refractivity (Wildman–Crippen MR) is 64.4 cm³/mol. The van der Waals surface area contributed by atoms with E-state index in [1.54, 1.807) is 0 Å². The largest absolute Gasteiger partial charge is 0.351 e. The standard InChI is InChI=1S/C10H20ClO3P/c1-2-15(12,13)14-10-8-6-4-3-5-7-9-11/h2H,1,3-10H2,(H,12,13). The maximum Gasteiger partial charge on any atom is 0.351 e. The van der Waals surface area contributed by atoms with Gasteiger partial charge in [0.1, 0.15) is 0 Å². The van der Waals surface area contributed by atoms with E-state index in [-0.39, 0.29) is 0 Å². The molecule has 0 aromatic carbocycles. The van der Waals surface area contributed by atoms with Gasteiger partial charge in [-0.25, -0.2) is 0 Å². The molecule has 0 heterocycles. The molecular formula is C10H20ClO3P. The second-order valence-corrected chi connectivity index (χ2v) is 5.52. The van der Waals surface area contributed by atoms with Crippen molar-refractivity contribution in [1.29, 1.82) is 0 Å². The van der Waals surface area contributed by atoms with Crippen molar-refractivity contribution in [2.45, 2.75) is 38.5 Å². The molecule has 0 spiro atoms. The van der Waals surface area contributed by atoms with Gasteiger partial charge in [-0.3, -0.25) is 4.57 Å². The van der Waals surface area contributed by atoms with Gasteiger partial charge in [-0.1, -0.05) is 32.3 Å². The van der Waals surface area contributed by atoms with E-state index in [9.17, 15) is 4.57 Å².